The number of methoxy groups -OCH3 is 1. The van der Waals surface area contributed by atoms with Crippen LogP contribution in [0.25, 0.3) is 12.2 Å². The van der Waals surface area contributed by atoms with Crippen LogP contribution in [0, 0.1) is 30.6 Å². The summed E-state index contributed by atoms with van der Waals surface area (Å²) >= 11 is 0. The summed E-state index contributed by atoms with van der Waals surface area (Å²) in [5.41, 5.74) is 6.58. The third kappa shape index (κ3) is 12.7. The Labute approximate surface area is 338 Å². The van der Waals surface area contributed by atoms with Crippen LogP contribution in [0.1, 0.15) is 75.6 Å². The lowest BCUT2D eigenvalue weighted by molar-refractivity contribution is -0.139. The highest BCUT2D eigenvalue weighted by Gasteiger charge is 2.24. The lowest BCUT2D eigenvalue weighted by atomic mass is 9.95. The first-order chi connectivity index (χ1) is 27.7. The Morgan fingerprint density at radius 3 is 1.53 bits per heavy atom. The molecule has 0 radical (unpaired) electrons. The third-order valence-corrected chi connectivity index (χ3v) is 8.07. The summed E-state index contributed by atoms with van der Waals surface area (Å²) in [6.45, 7) is 17.2. The van der Waals surface area contributed by atoms with E-state index in [-0.39, 0.29) is 29.9 Å². The van der Waals surface area contributed by atoms with Crippen molar-refractivity contribution in [3.63, 3.8) is 0 Å². The van der Waals surface area contributed by atoms with Crippen molar-refractivity contribution >= 4 is 36.0 Å². The van der Waals surface area contributed by atoms with E-state index >= 15 is 0 Å². The number of aryl methyl sites for hydroxylation is 1. The van der Waals surface area contributed by atoms with Gasteiger partial charge in [-0.2, -0.15) is 0 Å². The fraction of sp³-hybridized carbons (Fsp3) is 0.143. The quantitative estimate of drug-likeness (QED) is 0.0328. The molecule has 0 spiro atoms. The zero-order chi connectivity index (χ0) is 42.2. The van der Waals surface area contributed by atoms with Gasteiger partial charge in [-0.15, -0.1) is 0 Å². The summed E-state index contributed by atoms with van der Waals surface area (Å²) in [6, 6.07) is 23.2. The summed E-state index contributed by atoms with van der Waals surface area (Å²) in [6.07, 6.45) is 6.12. The van der Waals surface area contributed by atoms with Crippen LogP contribution in [-0.2, 0) is 35.0 Å². The lowest BCUT2D eigenvalue weighted by Crippen LogP contribution is -2.16. The van der Waals surface area contributed by atoms with Crippen molar-refractivity contribution in [3.05, 3.63) is 178 Å². The molecule has 0 aliphatic rings. The number of hydrogen-bond donors (Lipinski definition) is 0. The molecule has 0 bridgehead atoms. The molecule has 0 N–H and O–H groups in total. The molecule has 4 rings (SSSR count). The monoisotopic (exact) mass is 774 g/mol. The molecular formula is C49H42O9. The van der Waals surface area contributed by atoms with Crippen LogP contribution in [0.15, 0.2) is 128 Å². The molecule has 292 valence electrons. The van der Waals surface area contributed by atoms with Crippen molar-refractivity contribution in [1.82, 2.24) is 0 Å². The predicted octanol–water partition coefficient (Wildman–Crippen LogP) is 8.86. The van der Waals surface area contributed by atoms with Gasteiger partial charge in [-0.05, 0) is 111 Å². The van der Waals surface area contributed by atoms with Crippen LogP contribution >= 0.6 is 0 Å². The van der Waals surface area contributed by atoms with Gasteiger partial charge in [0.05, 0.1) is 26.2 Å². The Morgan fingerprint density at radius 2 is 1.09 bits per heavy atom. The second-order valence-corrected chi connectivity index (χ2v) is 12.9. The van der Waals surface area contributed by atoms with Gasteiger partial charge in [0, 0.05) is 51.0 Å². The fourth-order valence-electron chi connectivity index (χ4n) is 4.99. The molecule has 0 saturated heterocycles. The fourth-order valence-corrected chi connectivity index (χ4v) is 4.99. The van der Waals surface area contributed by atoms with Crippen molar-refractivity contribution in [2.24, 2.45) is 0 Å². The number of esters is 4. The molecule has 0 unspecified atom stereocenters. The van der Waals surface area contributed by atoms with Crippen molar-refractivity contribution in [1.29, 1.82) is 0 Å². The highest BCUT2D eigenvalue weighted by molar-refractivity contribution is 5.96. The molecule has 9 heteroatoms. The van der Waals surface area contributed by atoms with Crippen LogP contribution in [0.5, 0.6) is 11.5 Å². The van der Waals surface area contributed by atoms with Gasteiger partial charge in [0.15, 0.2) is 0 Å². The number of hydrogen-bond acceptors (Lipinski definition) is 9. The first-order valence-corrected chi connectivity index (χ1v) is 17.9. The Morgan fingerprint density at radius 1 is 0.638 bits per heavy atom. The minimum Gasteiger partial charge on any atom is -0.496 e. The molecule has 9 nitrogen and oxygen atoms in total. The smallest absolute Gasteiger partial charge is 0.347 e. The SMILES string of the molecule is C=C(C)C(=O)O/C=C/c1ccc(C#Cc2ccc(OC(=O)c3c(C)cc(C#Cc4ccc(/C=C/OC(=O)C(=C)C)cc4)c(CCOC(=O)C(=C)C)c3OC)cc2)cc1. The van der Waals surface area contributed by atoms with Crippen LogP contribution in [0.3, 0.4) is 0 Å². The van der Waals surface area contributed by atoms with E-state index in [0.717, 1.165) is 16.7 Å². The Bertz CT molecular complexity index is 2420. The van der Waals surface area contributed by atoms with Gasteiger partial charge in [0.2, 0.25) is 0 Å². The number of rotatable bonds is 13. The van der Waals surface area contributed by atoms with Crippen LogP contribution in [0.4, 0.5) is 0 Å². The summed E-state index contributed by atoms with van der Waals surface area (Å²) in [7, 11) is 1.45. The summed E-state index contributed by atoms with van der Waals surface area (Å²) < 4.78 is 27.0. The molecule has 0 aliphatic heterocycles. The number of carbonyl (C=O) groups is 4. The molecule has 0 heterocycles. The molecule has 58 heavy (non-hydrogen) atoms. The average molecular weight is 775 g/mol. The van der Waals surface area contributed by atoms with Gasteiger partial charge in [-0.1, -0.05) is 67.7 Å². The van der Waals surface area contributed by atoms with Gasteiger partial charge in [0.25, 0.3) is 0 Å². The Balaban J connectivity index is 1.53. The highest BCUT2D eigenvalue weighted by atomic mass is 16.5. The minimum absolute atomic E-state index is 0.0120. The van der Waals surface area contributed by atoms with E-state index < -0.39 is 23.9 Å². The van der Waals surface area contributed by atoms with Crippen molar-refractivity contribution < 1.29 is 42.9 Å². The lowest BCUT2D eigenvalue weighted by Gasteiger charge is -2.18. The number of carbonyl (C=O) groups excluding carboxylic acids is 4. The maximum absolute atomic E-state index is 13.7. The van der Waals surface area contributed by atoms with Gasteiger partial charge in [-0.3, -0.25) is 0 Å². The molecule has 0 amide bonds. The molecular weight excluding hydrogens is 733 g/mol. The molecule has 4 aromatic carbocycles. The zero-order valence-corrected chi connectivity index (χ0v) is 33.0. The largest absolute Gasteiger partial charge is 0.496 e. The summed E-state index contributed by atoms with van der Waals surface area (Å²) in [5, 5.41) is 0. The van der Waals surface area contributed by atoms with E-state index in [4.69, 9.17) is 23.7 Å². The molecule has 0 fully saturated rings. The number of benzene rings is 4. The van der Waals surface area contributed by atoms with Gasteiger partial charge in [0.1, 0.15) is 17.1 Å². The van der Waals surface area contributed by atoms with Crippen LogP contribution in [0.2, 0.25) is 0 Å². The van der Waals surface area contributed by atoms with Crippen LogP contribution < -0.4 is 9.47 Å². The minimum atomic E-state index is -0.644. The second-order valence-electron chi connectivity index (χ2n) is 12.9. The first-order valence-electron chi connectivity index (χ1n) is 17.9. The highest BCUT2D eigenvalue weighted by Crippen LogP contribution is 2.32. The van der Waals surface area contributed by atoms with E-state index in [1.54, 1.807) is 70.2 Å². The molecule has 0 aliphatic carbocycles. The Kier molecular flexibility index (Phi) is 15.5. The molecule has 0 saturated carbocycles. The van der Waals surface area contributed by atoms with Gasteiger partial charge in [-0.25, -0.2) is 19.2 Å². The van der Waals surface area contributed by atoms with Crippen molar-refractivity contribution in [2.75, 3.05) is 13.7 Å². The van der Waals surface area contributed by atoms with Crippen molar-refractivity contribution in [2.45, 2.75) is 34.1 Å². The predicted molar refractivity (Wildman–Crippen MR) is 223 cm³/mol. The van der Waals surface area contributed by atoms with Crippen molar-refractivity contribution in [3.8, 4) is 35.2 Å². The molecule has 0 aromatic heterocycles. The van der Waals surface area contributed by atoms with Crippen LogP contribution in [-0.4, -0.2) is 37.6 Å². The standard InChI is InChI=1S/C49H42O9/c1-32(2)46(50)55-28-25-39-15-11-36(12-16-39)9-10-38-20-23-42(24-21-38)58-49(53)44-35(7)31-41(43(45(44)54-8)27-30-57-48(52)34(5)6)22-19-37-13-17-40(18-14-37)26-29-56-47(51)33(3)4/h11-18,20-21,23-26,28-29,31H,1,3,5,27,30H2,2,4,6-8H3/b28-25+,29-26+. The summed E-state index contributed by atoms with van der Waals surface area (Å²) in [5.74, 6) is 10.9. The van der Waals surface area contributed by atoms with E-state index in [9.17, 15) is 19.2 Å². The van der Waals surface area contributed by atoms with Gasteiger partial charge >= 0.3 is 23.9 Å². The Hall–Kier alpha value is -7.62. The summed E-state index contributed by atoms with van der Waals surface area (Å²) in [4.78, 5) is 49.0. The average Bonchev–Trinajstić information content (AvgIpc) is 3.20. The maximum Gasteiger partial charge on any atom is 0.347 e. The normalized spacial score (nSPS) is 10.4. The zero-order valence-electron chi connectivity index (χ0n) is 33.0. The van der Waals surface area contributed by atoms with Gasteiger partial charge < -0.3 is 23.7 Å². The van der Waals surface area contributed by atoms with E-state index in [1.165, 1.54) is 19.6 Å². The maximum atomic E-state index is 13.7. The second kappa shape index (κ2) is 20.9. The molecule has 0 atom stereocenters. The van der Waals surface area contributed by atoms with E-state index in [2.05, 4.69) is 43.4 Å². The third-order valence-electron chi connectivity index (χ3n) is 8.07. The molecule has 4 aromatic rings. The number of ether oxygens (including phenoxy) is 5. The first kappa shape index (κ1) is 43.1. The van der Waals surface area contributed by atoms with E-state index in [0.29, 0.717) is 44.7 Å². The topological polar surface area (TPSA) is 114 Å². The van der Waals surface area contributed by atoms with E-state index in [1.807, 2.05) is 48.5 Å².